The molecule has 8 aromatic rings. The lowest BCUT2D eigenvalue weighted by Gasteiger charge is -2.22. The summed E-state index contributed by atoms with van der Waals surface area (Å²) in [6.07, 6.45) is 3.84. The van der Waals surface area contributed by atoms with Gasteiger partial charge in [0.2, 0.25) is 0 Å². The molecule has 0 atom stereocenters. The molecule has 0 N–H and O–H groups in total. The first-order valence-corrected chi connectivity index (χ1v) is 17.7. The molecule has 248 valence electrons. The van der Waals surface area contributed by atoms with Crippen molar-refractivity contribution >= 4 is 21.8 Å². The summed E-state index contributed by atoms with van der Waals surface area (Å²) < 4.78 is 2.32. The zero-order chi connectivity index (χ0) is 34.7. The zero-order valence-electron chi connectivity index (χ0n) is 29.4. The Kier molecular flexibility index (Phi) is 7.21. The highest BCUT2D eigenvalue weighted by Gasteiger charge is 2.41. The lowest BCUT2D eigenvalue weighted by atomic mass is 9.82. The molecule has 3 heterocycles. The number of hydrogen-bond donors (Lipinski definition) is 0. The molecular weight excluding hydrogens is 623 g/mol. The van der Waals surface area contributed by atoms with Gasteiger partial charge in [-0.15, -0.1) is 0 Å². The molecule has 0 fully saturated rings. The van der Waals surface area contributed by atoms with Crippen LogP contribution in [-0.2, 0) is 17.3 Å². The average molecular weight is 662 g/mol. The molecule has 0 radical (unpaired) electrons. The Balaban J connectivity index is 1.10. The maximum absolute atomic E-state index is 5.06. The van der Waals surface area contributed by atoms with Crippen molar-refractivity contribution in [2.45, 2.75) is 51.4 Å². The molecule has 0 saturated heterocycles. The largest absolute Gasteiger partial charge is 0.309 e. The third-order valence-corrected chi connectivity index (χ3v) is 10.5. The fourth-order valence-corrected chi connectivity index (χ4v) is 8.33. The highest BCUT2D eigenvalue weighted by molar-refractivity contribution is 6.10. The van der Waals surface area contributed by atoms with Gasteiger partial charge < -0.3 is 4.57 Å². The second-order valence-electron chi connectivity index (χ2n) is 15.1. The van der Waals surface area contributed by atoms with E-state index in [-0.39, 0.29) is 10.8 Å². The number of benzene rings is 5. The van der Waals surface area contributed by atoms with E-state index < -0.39 is 0 Å². The standard InChI is InChI=1S/C46H39N5/c1-45(2)29-46(3,4)39-26-30(19-23-38(39)45)25-34-22-20-33(28-47-34)44-49-42(31-13-7-5-8-14-31)48-43(50-44)32-21-24-41-37(27-32)36-17-11-12-18-40(36)51(41)35-15-9-6-10-16-35/h5-24,26-28H,25,29H2,1-4H3. The summed E-state index contributed by atoms with van der Waals surface area (Å²) in [4.78, 5) is 20.0. The predicted molar refractivity (Wildman–Crippen MR) is 208 cm³/mol. The van der Waals surface area contributed by atoms with Gasteiger partial charge in [-0.25, -0.2) is 15.0 Å². The summed E-state index contributed by atoms with van der Waals surface area (Å²) in [6.45, 7) is 9.45. The maximum Gasteiger partial charge on any atom is 0.165 e. The molecule has 0 unspecified atom stereocenters. The minimum Gasteiger partial charge on any atom is -0.309 e. The van der Waals surface area contributed by atoms with Crippen LogP contribution in [0.15, 0.2) is 140 Å². The van der Waals surface area contributed by atoms with E-state index in [4.69, 9.17) is 19.9 Å². The van der Waals surface area contributed by atoms with Crippen LogP contribution in [0.2, 0.25) is 0 Å². The summed E-state index contributed by atoms with van der Waals surface area (Å²) in [5.41, 5.74) is 11.8. The summed E-state index contributed by atoms with van der Waals surface area (Å²) in [7, 11) is 0. The van der Waals surface area contributed by atoms with Crippen molar-refractivity contribution in [1.82, 2.24) is 24.5 Å². The molecule has 0 spiro atoms. The molecule has 0 aliphatic heterocycles. The van der Waals surface area contributed by atoms with Crippen molar-refractivity contribution in [3.8, 4) is 39.9 Å². The highest BCUT2D eigenvalue weighted by atomic mass is 15.0. The van der Waals surface area contributed by atoms with Gasteiger partial charge in [0.25, 0.3) is 0 Å². The number of rotatable bonds is 6. The molecule has 0 amide bonds. The van der Waals surface area contributed by atoms with E-state index in [0.29, 0.717) is 17.5 Å². The Labute approximate surface area is 298 Å². The average Bonchev–Trinajstić information content (AvgIpc) is 3.58. The first-order valence-electron chi connectivity index (χ1n) is 17.7. The van der Waals surface area contributed by atoms with Crippen LogP contribution in [0, 0.1) is 0 Å². The molecule has 9 rings (SSSR count). The first kappa shape index (κ1) is 31.1. The molecule has 0 bridgehead atoms. The minimum atomic E-state index is 0.169. The normalized spacial score (nSPS) is 14.6. The fraction of sp³-hybridized carbons (Fsp3) is 0.174. The van der Waals surface area contributed by atoms with E-state index in [0.717, 1.165) is 57.3 Å². The number of pyridine rings is 1. The third-order valence-electron chi connectivity index (χ3n) is 10.5. The quantitative estimate of drug-likeness (QED) is 0.178. The predicted octanol–water partition coefficient (Wildman–Crippen LogP) is 10.9. The van der Waals surface area contributed by atoms with Gasteiger partial charge in [-0.05, 0) is 82.5 Å². The van der Waals surface area contributed by atoms with E-state index in [1.54, 1.807) is 0 Å². The lowest BCUT2D eigenvalue weighted by molar-refractivity contribution is 0.403. The Morgan fingerprint density at radius 2 is 1.16 bits per heavy atom. The molecule has 5 nitrogen and oxygen atoms in total. The van der Waals surface area contributed by atoms with Gasteiger partial charge in [-0.1, -0.05) is 113 Å². The monoisotopic (exact) mass is 661 g/mol. The summed E-state index contributed by atoms with van der Waals surface area (Å²) in [6, 6.07) is 46.9. The highest BCUT2D eigenvalue weighted by Crippen LogP contribution is 2.49. The van der Waals surface area contributed by atoms with E-state index in [1.165, 1.54) is 22.1 Å². The van der Waals surface area contributed by atoms with Gasteiger partial charge in [-0.3, -0.25) is 4.98 Å². The Hall–Kier alpha value is -5.94. The molecule has 3 aromatic heterocycles. The molecular formula is C46H39N5. The van der Waals surface area contributed by atoms with Crippen LogP contribution in [-0.4, -0.2) is 24.5 Å². The molecule has 5 aromatic carbocycles. The van der Waals surface area contributed by atoms with Crippen molar-refractivity contribution in [3.63, 3.8) is 0 Å². The zero-order valence-corrected chi connectivity index (χ0v) is 29.4. The Morgan fingerprint density at radius 3 is 1.90 bits per heavy atom. The SMILES string of the molecule is CC1(C)CC(C)(C)c2cc(Cc3ccc(-c4nc(-c5ccccc5)nc(-c5ccc6c(c5)c5ccccc5n6-c5ccccc5)n4)cn3)ccc21. The lowest BCUT2D eigenvalue weighted by Crippen LogP contribution is -2.17. The minimum absolute atomic E-state index is 0.169. The van der Waals surface area contributed by atoms with E-state index in [1.807, 2.05) is 36.5 Å². The van der Waals surface area contributed by atoms with Crippen molar-refractivity contribution in [1.29, 1.82) is 0 Å². The number of fused-ring (bicyclic) bond motifs is 4. The fourth-order valence-electron chi connectivity index (χ4n) is 8.33. The van der Waals surface area contributed by atoms with Crippen LogP contribution in [0.4, 0.5) is 0 Å². The van der Waals surface area contributed by atoms with Gasteiger partial charge in [0.1, 0.15) is 0 Å². The summed E-state index contributed by atoms with van der Waals surface area (Å²) in [5.74, 6) is 1.87. The summed E-state index contributed by atoms with van der Waals surface area (Å²) >= 11 is 0. The third kappa shape index (κ3) is 5.50. The molecule has 1 aliphatic rings. The van der Waals surface area contributed by atoms with Crippen LogP contribution < -0.4 is 0 Å². The second-order valence-corrected chi connectivity index (χ2v) is 15.1. The molecule has 5 heteroatoms. The van der Waals surface area contributed by atoms with Crippen LogP contribution in [0.1, 0.15) is 56.5 Å². The number of aromatic nitrogens is 5. The second kappa shape index (κ2) is 11.8. The number of para-hydroxylation sites is 2. The summed E-state index contributed by atoms with van der Waals surface area (Å²) in [5, 5.41) is 2.34. The van der Waals surface area contributed by atoms with Crippen molar-refractivity contribution in [3.05, 3.63) is 162 Å². The smallest absolute Gasteiger partial charge is 0.165 e. The van der Waals surface area contributed by atoms with Gasteiger partial charge in [0, 0.05) is 51.5 Å². The van der Waals surface area contributed by atoms with Gasteiger partial charge in [0.05, 0.1) is 11.0 Å². The van der Waals surface area contributed by atoms with Crippen LogP contribution >= 0.6 is 0 Å². The molecule has 51 heavy (non-hydrogen) atoms. The number of hydrogen-bond acceptors (Lipinski definition) is 4. The van der Waals surface area contributed by atoms with Crippen LogP contribution in [0.3, 0.4) is 0 Å². The van der Waals surface area contributed by atoms with Gasteiger partial charge in [-0.2, -0.15) is 0 Å². The van der Waals surface area contributed by atoms with Gasteiger partial charge in [0.15, 0.2) is 17.5 Å². The maximum atomic E-state index is 5.06. The first-order chi connectivity index (χ1) is 24.7. The van der Waals surface area contributed by atoms with E-state index in [2.05, 4.69) is 135 Å². The van der Waals surface area contributed by atoms with E-state index >= 15 is 0 Å². The molecule has 1 aliphatic carbocycles. The van der Waals surface area contributed by atoms with Gasteiger partial charge >= 0.3 is 0 Å². The Bertz CT molecular complexity index is 2560. The van der Waals surface area contributed by atoms with Crippen molar-refractivity contribution in [2.75, 3.05) is 0 Å². The van der Waals surface area contributed by atoms with Crippen LogP contribution in [0.5, 0.6) is 0 Å². The topological polar surface area (TPSA) is 56.5 Å². The molecule has 0 saturated carbocycles. The Morgan fingerprint density at radius 1 is 0.529 bits per heavy atom. The van der Waals surface area contributed by atoms with E-state index in [9.17, 15) is 0 Å². The van der Waals surface area contributed by atoms with Crippen molar-refractivity contribution in [2.24, 2.45) is 0 Å². The van der Waals surface area contributed by atoms with Crippen LogP contribution in [0.25, 0.3) is 61.7 Å². The van der Waals surface area contributed by atoms with Crippen molar-refractivity contribution < 1.29 is 0 Å². The number of nitrogens with zero attached hydrogens (tertiary/aromatic N) is 5.